The van der Waals surface area contributed by atoms with Crippen LogP contribution in [-0.2, 0) is 6.54 Å². The van der Waals surface area contributed by atoms with E-state index in [1.807, 2.05) is 13.0 Å². The number of fused-ring (bicyclic) bond motifs is 2. The molecule has 4 aromatic rings. The van der Waals surface area contributed by atoms with Crippen LogP contribution in [0.2, 0.25) is 0 Å². The van der Waals surface area contributed by atoms with Crippen LogP contribution >= 0.6 is 11.8 Å². The maximum atomic E-state index is 4.80. The number of para-hydroxylation sites is 2. The van der Waals surface area contributed by atoms with Gasteiger partial charge in [0.25, 0.3) is 0 Å². The molecule has 0 radical (unpaired) electrons. The predicted molar refractivity (Wildman–Crippen MR) is 92.8 cm³/mol. The topological polar surface area (TPSA) is 59.4 Å². The minimum atomic E-state index is 0.873. The third kappa shape index (κ3) is 2.49. The molecule has 3 aromatic heterocycles. The number of benzene rings is 1. The first-order valence-corrected chi connectivity index (χ1v) is 8.51. The second kappa shape index (κ2) is 5.70. The number of hydrogen-bond acceptors (Lipinski definition) is 4. The molecule has 0 atom stereocenters. The van der Waals surface area contributed by atoms with Crippen molar-refractivity contribution in [3.05, 3.63) is 42.4 Å². The summed E-state index contributed by atoms with van der Waals surface area (Å²) in [5, 5.41) is 2.96. The number of imidazole rings is 1. The number of aromatic nitrogens is 5. The van der Waals surface area contributed by atoms with Gasteiger partial charge >= 0.3 is 0 Å². The fraction of sp³-hybridized carbons (Fsp3) is 0.235. The van der Waals surface area contributed by atoms with Crippen molar-refractivity contribution in [3.63, 3.8) is 0 Å². The van der Waals surface area contributed by atoms with Crippen molar-refractivity contribution in [1.82, 2.24) is 24.5 Å². The average molecular weight is 323 g/mol. The summed E-state index contributed by atoms with van der Waals surface area (Å²) < 4.78 is 2.27. The molecule has 0 spiro atoms. The van der Waals surface area contributed by atoms with Crippen LogP contribution in [0.25, 0.3) is 22.1 Å². The Balaban J connectivity index is 1.84. The van der Waals surface area contributed by atoms with Gasteiger partial charge in [-0.05, 0) is 43.3 Å². The fourth-order valence-electron chi connectivity index (χ4n) is 2.79. The molecular formula is C17H17N5S. The molecule has 1 aromatic carbocycles. The van der Waals surface area contributed by atoms with Gasteiger partial charge in [-0.3, -0.25) is 0 Å². The molecule has 0 saturated heterocycles. The zero-order chi connectivity index (χ0) is 15.8. The van der Waals surface area contributed by atoms with Crippen molar-refractivity contribution < 1.29 is 0 Å². The Kier molecular flexibility index (Phi) is 3.53. The third-order valence-corrected chi connectivity index (χ3v) is 4.79. The van der Waals surface area contributed by atoms with Crippen LogP contribution in [0.1, 0.15) is 19.0 Å². The number of aryl methyl sites for hydroxylation is 2. The van der Waals surface area contributed by atoms with Gasteiger partial charge in [-0.25, -0.2) is 15.0 Å². The summed E-state index contributed by atoms with van der Waals surface area (Å²) in [5.41, 5.74) is 4.16. The summed E-state index contributed by atoms with van der Waals surface area (Å²) in [5.74, 6) is 0. The van der Waals surface area contributed by atoms with E-state index < -0.39 is 0 Å². The Bertz CT molecular complexity index is 985. The van der Waals surface area contributed by atoms with Crippen molar-refractivity contribution in [2.45, 2.75) is 37.0 Å². The lowest BCUT2D eigenvalue weighted by molar-refractivity contribution is 0.638. The molecule has 0 saturated carbocycles. The highest BCUT2D eigenvalue weighted by Gasteiger charge is 2.14. The van der Waals surface area contributed by atoms with Crippen LogP contribution in [0.5, 0.6) is 0 Å². The third-order valence-electron chi connectivity index (χ3n) is 3.78. The standard InChI is InChI=1S/C17H17N5S/c1-3-8-22-14-7-5-4-6-13(14)21-17(22)23-16-12-9-11(2)20-15(12)18-10-19-16/h4-7,9-10H,3,8H2,1-2H3,(H,18,19,20). The largest absolute Gasteiger partial charge is 0.343 e. The molecule has 0 aliphatic heterocycles. The van der Waals surface area contributed by atoms with E-state index in [-0.39, 0.29) is 0 Å². The summed E-state index contributed by atoms with van der Waals surface area (Å²) in [4.78, 5) is 16.8. The number of hydrogen-bond donors (Lipinski definition) is 1. The van der Waals surface area contributed by atoms with E-state index in [4.69, 9.17) is 4.98 Å². The lowest BCUT2D eigenvalue weighted by Gasteiger charge is -2.07. The lowest BCUT2D eigenvalue weighted by atomic mass is 10.3. The van der Waals surface area contributed by atoms with Crippen molar-refractivity contribution >= 4 is 33.8 Å². The van der Waals surface area contributed by atoms with Crippen LogP contribution in [0.3, 0.4) is 0 Å². The van der Waals surface area contributed by atoms with Crippen molar-refractivity contribution in [3.8, 4) is 0 Å². The van der Waals surface area contributed by atoms with Gasteiger partial charge < -0.3 is 9.55 Å². The van der Waals surface area contributed by atoms with Crippen LogP contribution in [0.15, 0.2) is 46.8 Å². The van der Waals surface area contributed by atoms with Gasteiger partial charge in [0.05, 0.1) is 16.4 Å². The molecule has 5 nitrogen and oxygen atoms in total. The molecule has 4 rings (SSSR count). The number of nitrogens with zero attached hydrogens (tertiary/aromatic N) is 4. The molecule has 0 fully saturated rings. The molecule has 0 unspecified atom stereocenters. The number of aromatic amines is 1. The highest BCUT2D eigenvalue weighted by molar-refractivity contribution is 7.99. The highest BCUT2D eigenvalue weighted by atomic mass is 32.2. The van der Waals surface area contributed by atoms with Crippen LogP contribution in [-0.4, -0.2) is 24.5 Å². The van der Waals surface area contributed by atoms with E-state index in [1.54, 1.807) is 18.1 Å². The summed E-state index contributed by atoms with van der Waals surface area (Å²) >= 11 is 1.60. The quantitative estimate of drug-likeness (QED) is 0.572. The normalized spacial score (nSPS) is 11.6. The fourth-order valence-corrected chi connectivity index (χ4v) is 3.77. The second-order valence-corrected chi connectivity index (χ2v) is 6.49. The van der Waals surface area contributed by atoms with E-state index in [0.717, 1.165) is 45.4 Å². The molecule has 1 N–H and O–H groups in total. The first-order chi connectivity index (χ1) is 11.3. The van der Waals surface area contributed by atoms with E-state index in [0.29, 0.717) is 0 Å². The van der Waals surface area contributed by atoms with Crippen molar-refractivity contribution in [2.24, 2.45) is 0 Å². The van der Waals surface area contributed by atoms with Crippen LogP contribution < -0.4 is 0 Å². The first kappa shape index (κ1) is 14.3. The van der Waals surface area contributed by atoms with Crippen LogP contribution in [0, 0.1) is 6.92 Å². The van der Waals surface area contributed by atoms with Gasteiger partial charge in [-0.1, -0.05) is 19.1 Å². The molecule has 23 heavy (non-hydrogen) atoms. The van der Waals surface area contributed by atoms with Crippen molar-refractivity contribution in [1.29, 1.82) is 0 Å². The van der Waals surface area contributed by atoms with E-state index in [1.165, 1.54) is 5.52 Å². The Hall–Kier alpha value is -2.34. The summed E-state index contributed by atoms with van der Waals surface area (Å²) in [7, 11) is 0. The Morgan fingerprint density at radius 2 is 2.09 bits per heavy atom. The molecule has 0 amide bonds. The van der Waals surface area contributed by atoms with Crippen LogP contribution in [0.4, 0.5) is 0 Å². The number of nitrogens with one attached hydrogen (secondary N) is 1. The second-order valence-electron chi connectivity index (χ2n) is 5.53. The minimum Gasteiger partial charge on any atom is -0.343 e. The molecule has 116 valence electrons. The Morgan fingerprint density at radius 3 is 2.96 bits per heavy atom. The van der Waals surface area contributed by atoms with E-state index in [9.17, 15) is 0 Å². The molecule has 6 heteroatoms. The van der Waals surface area contributed by atoms with Gasteiger partial charge in [0, 0.05) is 12.2 Å². The van der Waals surface area contributed by atoms with Crippen molar-refractivity contribution in [2.75, 3.05) is 0 Å². The first-order valence-electron chi connectivity index (χ1n) is 7.69. The number of H-pyrrole nitrogens is 1. The summed E-state index contributed by atoms with van der Waals surface area (Å²) in [6.45, 7) is 5.16. The van der Waals surface area contributed by atoms with Gasteiger partial charge in [0.1, 0.15) is 17.0 Å². The van der Waals surface area contributed by atoms with Gasteiger partial charge in [-0.15, -0.1) is 0 Å². The minimum absolute atomic E-state index is 0.873. The maximum absolute atomic E-state index is 4.80. The van der Waals surface area contributed by atoms with E-state index >= 15 is 0 Å². The molecule has 3 heterocycles. The Labute approximate surface area is 138 Å². The molecule has 0 aliphatic carbocycles. The molecule has 0 bridgehead atoms. The van der Waals surface area contributed by atoms with E-state index in [2.05, 4.69) is 50.7 Å². The van der Waals surface area contributed by atoms with Gasteiger partial charge in [0.2, 0.25) is 0 Å². The number of rotatable bonds is 4. The zero-order valence-corrected chi connectivity index (χ0v) is 13.9. The zero-order valence-electron chi connectivity index (χ0n) is 13.1. The predicted octanol–water partition coefficient (Wildman–Crippen LogP) is 4.18. The smallest absolute Gasteiger partial charge is 0.175 e. The average Bonchev–Trinajstić information content (AvgIpc) is 3.09. The van der Waals surface area contributed by atoms with Gasteiger partial charge in [0.15, 0.2) is 5.16 Å². The highest BCUT2D eigenvalue weighted by Crippen LogP contribution is 2.33. The summed E-state index contributed by atoms with van der Waals surface area (Å²) in [6.07, 6.45) is 2.67. The monoisotopic (exact) mass is 323 g/mol. The summed E-state index contributed by atoms with van der Waals surface area (Å²) in [6, 6.07) is 10.4. The Morgan fingerprint density at radius 1 is 1.22 bits per heavy atom. The van der Waals surface area contributed by atoms with Gasteiger partial charge in [-0.2, -0.15) is 0 Å². The maximum Gasteiger partial charge on any atom is 0.175 e. The lowest BCUT2D eigenvalue weighted by Crippen LogP contribution is -1.99. The molecular weight excluding hydrogens is 306 g/mol. The molecule has 0 aliphatic rings. The SMILES string of the molecule is CCCn1c(Sc2ncnc3[nH]c(C)cc23)nc2ccccc21.